The molecule has 0 radical (unpaired) electrons. The van der Waals surface area contributed by atoms with E-state index in [0.29, 0.717) is 21.1 Å². The van der Waals surface area contributed by atoms with Crippen molar-refractivity contribution in [2.24, 2.45) is 0 Å². The number of ether oxygens (including phenoxy) is 2. The van der Waals surface area contributed by atoms with E-state index >= 15 is 0 Å². The summed E-state index contributed by atoms with van der Waals surface area (Å²) in [5, 5.41) is 3.70. The molecule has 6 nitrogen and oxygen atoms in total. The molecular weight excluding hydrogens is 398 g/mol. The van der Waals surface area contributed by atoms with Gasteiger partial charge < -0.3 is 20.5 Å². The van der Waals surface area contributed by atoms with Crippen LogP contribution >= 0.6 is 11.3 Å². The van der Waals surface area contributed by atoms with Crippen molar-refractivity contribution in [2.75, 3.05) is 25.3 Å². The van der Waals surface area contributed by atoms with Gasteiger partial charge in [-0.3, -0.25) is 4.79 Å². The van der Waals surface area contributed by atoms with Gasteiger partial charge in [0.1, 0.15) is 21.2 Å². The van der Waals surface area contributed by atoms with Crippen LogP contribution in [0.2, 0.25) is 0 Å². The number of nitrogens with one attached hydrogen (secondary N) is 1. The number of hydrogen-bond donors (Lipinski definition) is 2. The van der Waals surface area contributed by atoms with Crippen LogP contribution in [0.3, 0.4) is 0 Å². The standard InChI is InChI=1S/C23H21N3O3S/c1-13-11-16(29-3)7-9-18(13)25-22(27)21-20(24)17-8-10-19(26-23(17)30-21)14-5-4-6-15(12-14)28-2/h4-12H,24H2,1-3H3,(H,25,27). The maximum absolute atomic E-state index is 12.9. The van der Waals surface area contributed by atoms with E-state index in [0.717, 1.165) is 33.7 Å². The normalized spacial score (nSPS) is 10.8. The summed E-state index contributed by atoms with van der Waals surface area (Å²) in [6, 6.07) is 17.0. The second-order valence-corrected chi connectivity index (χ2v) is 7.76. The molecule has 1 amide bonds. The van der Waals surface area contributed by atoms with Crippen molar-refractivity contribution in [2.45, 2.75) is 6.92 Å². The number of anilines is 2. The number of aromatic nitrogens is 1. The van der Waals surface area contributed by atoms with Gasteiger partial charge in [0.2, 0.25) is 0 Å². The molecule has 2 heterocycles. The fourth-order valence-electron chi connectivity index (χ4n) is 3.19. The van der Waals surface area contributed by atoms with Crippen molar-refractivity contribution in [3.63, 3.8) is 0 Å². The lowest BCUT2D eigenvalue weighted by Crippen LogP contribution is -2.12. The van der Waals surface area contributed by atoms with Gasteiger partial charge in [-0.15, -0.1) is 11.3 Å². The summed E-state index contributed by atoms with van der Waals surface area (Å²) in [5.41, 5.74) is 10.1. The lowest BCUT2D eigenvalue weighted by molar-refractivity contribution is 0.103. The Bertz CT molecular complexity index is 1250. The lowest BCUT2D eigenvalue weighted by Gasteiger charge is -2.09. The number of rotatable bonds is 5. The molecular formula is C23H21N3O3S. The molecule has 0 bridgehead atoms. The molecule has 4 aromatic rings. The Kier molecular flexibility index (Phi) is 5.29. The number of carbonyl (C=O) groups excluding carboxylic acids is 1. The Labute approximate surface area is 178 Å². The van der Waals surface area contributed by atoms with Gasteiger partial charge in [0, 0.05) is 16.6 Å². The molecule has 3 N–H and O–H groups in total. The Balaban J connectivity index is 1.66. The van der Waals surface area contributed by atoms with Gasteiger partial charge in [0.05, 0.1) is 25.6 Å². The molecule has 2 aromatic carbocycles. The topological polar surface area (TPSA) is 86.5 Å². The summed E-state index contributed by atoms with van der Waals surface area (Å²) in [7, 11) is 3.24. The number of thiophene rings is 1. The molecule has 2 aromatic heterocycles. The largest absolute Gasteiger partial charge is 0.497 e. The summed E-state index contributed by atoms with van der Waals surface area (Å²) >= 11 is 1.28. The minimum absolute atomic E-state index is 0.258. The molecule has 0 aliphatic carbocycles. The highest BCUT2D eigenvalue weighted by atomic mass is 32.1. The van der Waals surface area contributed by atoms with E-state index in [9.17, 15) is 4.79 Å². The van der Waals surface area contributed by atoms with Crippen molar-refractivity contribution in [1.29, 1.82) is 0 Å². The van der Waals surface area contributed by atoms with Crippen LogP contribution < -0.4 is 20.5 Å². The quantitative estimate of drug-likeness (QED) is 0.469. The zero-order valence-electron chi connectivity index (χ0n) is 16.9. The fraction of sp³-hybridized carbons (Fsp3) is 0.130. The zero-order chi connectivity index (χ0) is 21.3. The van der Waals surface area contributed by atoms with Crippen molar-refractivity contribution >= 4 is 38.8 Å². The molecule has 7 heteroatoms. The molecule has 0 spiro atoms. The summed E-state index contributed by atoms with van der Waals surface area (Å²) < 4.78 is 10.5. The highest BCUT2D eigenvalue weighted by Crippen LogP contribution is 2.35. The van der Waals surface area contributed by atoms with E-state index in [4.69, 9.17) is 20.2 Å². The number of nitrogens with zero attached hydrogens (tertiary/aromatic N) is 1. The van der Waals surface area contributed by atoms with E-state index in [1.165, 1.54) is 11.3 Å². The predicted octanol–water partition coefficient (Wildman–Crippen LogP) is 5.12. The lowest BCUT2D eigenvalue weighted by atomic mass is 10.1. The maximum atomic E-state index is 12.9. The Morgan fingerprint density at radius 2 is 1.80 bits per heavy atom. The highest BCUT2D eigenvalue weighted by Gasteiger charge is 2.19. The Morgan fingerprint density at radius 1 is 1.03 bits per heavy atom. The number of benzene rings is 2. The number of aryl methyl sites for hydroxylation is 1. The predicted molar refractivity (Wildman–Crippen MR) is 122 cm³/mol. The summed E-state index contributed by atoms with van der Waals surface area (Å²) in [4.78, 5) is 18.8. The third-order valence-corrected chi connectivity index (χ3v) is 5.96. The van der Waals surface area contributed by atoms with Gasteiger partial charge in [-0.05, 0) is 55.0 Å². The molecule has 0 atom stereocenters. The minimum atomic E-state index is -0.258. The first-order chi connectivity index (χ1) is 14.5. The molecule has 0 unspecified atom stereocenters. The molecule has 30 heavy (non-hydrogen) atoms. The number of carbonyl (C=O) groups is 1. The molecule has 0 saturated carbocycles. The smallest absolute Gasteiger partial charge is 0.267 e. The monoisotopic (exact) mass is 419 g/mol. The molecule has 4 rings (SSSR count). The highest BCUT2D eigenvalue weighted by molar-refractivity contribution is 7.21. The molecule has 0 aliphatic heterocycles. The van der Waals surface area contributed by atoms with Crippen LogP contribution in [0.1, 0.15) is 15.2 Å². The van der Waals surface area contributed by atoms with Gasteiger partial charge in [0.25, 0.3) is 5.91 Å². The molecule has 0 fully saturated rings. The van der Waals surface area contributed by atoms with Crippen LogP contribution in [0, 0.1) is 6.92 Å². The van der Waals surface area contributed by atoms with E-state index < -0.39 is 0 Å². The van der Waals surface area contributed by atoms with Crippen LogP contribution in [0.4, 0.5) is 11.4 Å². The molecule has 152 valence electrons. The minimum Gasteiger partial charge on any atom is -0.497 e. The number of nitrogens with two attached hydrogens (primary N) is 1. The van der Waals surface area contributed by atoms with Gasteiger partial charge in [-0.1, -0.05) is 12.1 Å². The third-order valence-electron chi connectivity index (χ3n) is 4.85. The Hall–Kier alpha value is -3.58. The van der Waals surface area contributed by atoms with Crippen LogP contribution in [0.25, 0.3) is 21.5 Å². The first kappa shape index (κ1) is 19.7. The van der Waals surface area contributed by atoms with Crippen molar-refractivity contribution < 1.29 is 14.3 Å². The van der Waals surface area contributed by atoms with Crippen molar-refractivity contribution in [3.05, 3.63) is 65.0 Å². The number of hydrogen-bond acceptors (Lipinski definition) is 6. The van der Waals surface area contributed by atoms with Crippen molar-refractivity contribution in [1.82, 2.24) is 4.98 Å². The number of amides is 1. The van der Waals surface area contributed by atoms with E-state index in [2.05, 4.69) is 5.32 Å². The fourth-order valence-corrected chi connectivity index (χ4v) is 4.18. The zero-order valence-corrected chi connectivity index (χ0v) is 17.7. The van der Waals surface area contributed by atoms with Crippen LogP contribution in [0.5, 0.6) is 11.5 Å². The SMILES string of the molecule is COc1cccc(-c2ccc3c(N)c(C(=O)Nc4ccc(OC)cc4C)sc3n2)c1. The maximum Gasteiger partial charge on any atom is 0.267 e. The van der Waals surface area contributed by atoms with Gasteiger partial charge in [0.15, 0.2) is 0 Å². The van der Waals surface area contributed by atoms with Crippen LogP contribution in [-0.2, 0) is 0 Å². The average Bonchev–Trinajstić information content (AvgIpc) is 3.11. The second-order valence-electron chi connectivity index (χ2n) is 6.76. The number of fused-ring (bicyclic) bond motifs is 1. The Morgan fingerprint density at radius 3 is 2.53 bits per heavy atom. The summed E-state index contributed by atoms with van der Waals surface area (Å²) in [6.07, 6.45) is 0. The summed E-state index contributed by atoms with van der Waals surface area (Å²) in [5.74, 6) is 1.24. The van der Waals surface area contributed by atoms with Gasteiger partial charge in [-0.2, -0.15) is 0 Å². The number of pyridine rings is 1. The first-order valence-corrected chi connectivity index (χ1v) is 10.1. The van der Waals surface area contributed by atoms with Crippen LogP contribution in [-0.4, -0.2) is 25.1 Å². The summed E-state index contributed by atoms with van der Waals surface area (Å²) in [6.45, 7) is 1.91. The number of methoxy groups -OCH3 is 2. The van der Waals surface area contributed by atoms with E-state index in [1.807, 2.05) is 55.5 Å². The average molecular weight is 420 g/mol. The van der Waals surface area contributed by atoms with Crippen LogP contribution in [0.15, 0.2) is 54.6 Å². The van der Waals surface area contributed by atoms with Gasteiger partial charge in [-0.25, -0.2) is 4.98 Å². The molecule has 0 saturated heterocycles. The van der Waals surface area contributed by atoms with E-state index in [1.54, 1.807) is 20.3 Å². The molecule has 0 aliphatic rings. The van der Waals surface area contributed by atoms with Crippen molar-refractivity contribution in [3.8, 4) is 22.8 Å². The first-order valence-electron chi connectivity index (χ1n) is 9.29. The van der Waals surface area contributed by atoms with Gasteiger partial charge >= 0.3 is 0 Å². The third kappa shape index (κ3) is 3.67. The second kappa shape index (κ2) is 8.04. The number of nitrogen functional groups attached to an aromatic ring is 1. The van der Waals surface area contributed by atoms with E-state index in [-0.39, 0.29) is 5.91 Å².